The van der Waals surface area contributed by atoms with E-state index in [4.69, 9.17) is 0 Å². The van der Waals surface area contributed by atoms with Crippen LogP contribution in [-0.4, -0.2) is 56.9 Å². The molecule has 8 heteroatoms. The monoisotopic (exact) mass is 501 g/mol. The Kier molecular flexibility index (Phi) is 6.59. The molecule has 2 aromatic heterocycles. The highest BCUT2D eigenvalue weighted by Gasteiger charge is 2.23. The minimum atomic E-state index is 0.0139. The highest BCUT2D eigenvalue weighted by Crippen LogP contribution is 2.24. The number of nitrogens with one attached hydrogen (secondary N) is 1. The average Bonchev–Trinajstić information content (AvgIpc) is 2.98. The molecule has 1 saturated heterocycles. The van der Waals surface area contributed by atoms with Gasteiger partial charge in [0.2, 0.25) is 5.95 Å². The summed E-state index contributed by atoms with van der Waals surface area (Å²) in [7, 11) is 0. The number of hydrogen-bond donors (Lipinski definition) is 1. The number of carbonyl (C=O) groups excluding carboxylic acids is 1. The quantitative estimate of drug-likeness (QED) is 0.360. The smallest absolute Gasteiger partial charge is 0.254 e. The van der Waals surface area contributed by atoms with Crippen LogP contribution in [0.4, 0.5) is 17.5 Å². The predicted molar refractivity (Wildman–Crippen MR) is 149 cm³/mol. The number of amides is 1. The van der Waals surface area contributed by atoms with E-state index >= 15 is 0 Å². The Hall–Kier alpha value is -4.85. The molecule has 0 atom stereocenters. The van der Waals surface area contributed by atoms with Crippen molar-refractivity contribution in [2.75, 3.05) is 36.4 Å². The van der Waals surface area contributed by atoms with Gasteiger partial charge in [-0.25, -0.2) is 19.9 Å². The van der Waals surface area contributed by atoms with Crippen molar-refractivity contribution in [1.29, 1.82) is 0 Å². The molecule has 8 nitrogen and oxygen atoms in total. The summed E-state index contributed by atoms with van der Waals surface area (Å²) in [4.78, 5) is 35.2. The van der Waals surface area contributed by atoms with Gasteiger partial charge in [0.25, 0.3) is 5.91 Å². The van der Waals surface area contributed by atoms with Crippen LogP contribution >= 0.6 is 0 Å². The van der Waals surface area contributed by atoms with Gasteiger partial charge >= 0.3 is 0 Å². The van der Waals surface area contributed by atoms with Crippen molar-refractivity contribution >= 4 is 34.3 Å². The van der Waals surface area contributed by atoms with Gasteiger partial charge in [-0.2, -0.15) is 0 Å². The molecule has 38 heavy (non-hydrogen) atoms. The lowest BCUT2D eigenvalue weighted by atomic mass is 10.1. The summed E-state index contributed by atoms with van der Waals surface area (Å²) in [5, 5.41) is 4.28. The molecular formula is C30H27N7O. The molecule has 1 amide bonds. The lowest BCUT2D eigenvalue weighted by Gasteiger charge is -2.34. The molecule has 1 aliphatic rings. The summed E-state index contributed by atoms with van der Waals surface area (Å²) in [6, 6.07) is 25.7. The summed E-state index contributed by atoms with van der Waals surface area (Å²) in [5.41, 5.74) is 4.63. The molecular weight excluding hydrogens is 474 g/mol. The van der Waals surface area contributed by atoms with Crippen molar-refractivity contribution in [1.82, 2.24) is 24.8 Å². The van der Waals surface area contributed by atoms with Gasteiger partial charge in [-0.05, 0) is 41.5 Å². The van der Waals surface area contributed by atoms with E-state index in [-0.39, 0.29) is 5.91 Å². The number of para-hydroxylation sites is 1. The maximum Gasteiger partial charge on any atom is 0.254 e. The molecule has 0 bridgehead atoms. The van der Waals surface area contributed by atoms with Crippen LogP contribution in [0.1, 0.15) is 21.5 Å². The minimum absolute atomic E-state index is 0.0139. The number of nitrogens with zero attached hydrogens (tertiary/aromatic N) is 6. The van der Waals surface area contributed by atoms with E-state index in [0.29, 0.717) is 43.5 Å². The van der Waals surface area contributed by atoms with Gasteiger partial charge in [-0.3, -0.25) is 4.79 Å². The van der Waals surface area contributed by atoms with Crippen molar-refractivity contribution in [2.45, 2.75) is 6.42 Å². The van der Waals surface area contributed by atoms with E-state index in [1.54, 1.807) is 6.33 Å². The van der Waals surface area contributed by atoms with Gasteiger partial charge in [-0.1, -0.05) is 48.5 Å². The number of carbonyl (C=O) groups is 1. The van der Waals surface area contributed by atoms with Crippen molar-refractivity contribution in [3.05, 3.63) is 114 Å². The lowest BCUT2D eigenvalue weighted by molar-refractivity contribution is 0.0746. The Morgan fingerprint density at radius 2 is 1.53 bits per heavy atom. The largest absolute Gasteiger partial charge is 0.340 e. The molecule has 1 aliphatic heterocycles. The molecule has 0 radical (unpaired) electrons. The first-order valence-electron chi connectivity index (χ1n) is 12.7. The normalized spacial score (nSPS) is 13.5. The summed E-state index contributed by atoms with van der Waals surface area (Å²) >= 11 is 0. The van der Waals surface area contributed by atoms with Gasteiger partial charge in [0.05, 0.1) is 5.52 Å². The fourth-order valence-electron chi connectivity index (χ4n) is 4.70. The molecule has 0 spiro atoms. The third-order valence-electron chi connectivity index (χ3n) is 6.71. The molecule has 5 aromatic rings. The van der Waals surface area contributed by atoms with Gasteiger partial charge in [0, 0.05) is 61.6 Å². The van der Waals surface area contributed by atoms with Crippen molar-refractivity contribution < 1.29 is 4.79 Å². The van der Waals surface area contributed by atoms with Crippen LogP contribution < -0.4 is 10.2 Å². The lowest BCUT2D eigenvalue weighted by Crippen LogP contribution is -2.49. The van der Waals surface area contributed by atoms with E-state index < -0.39 is 0 Å². The molecule has 1 fully saturated rings. The zero-order valence-corrected chi connectivity index (χ0v) is 20.9. The molecule has 3 heterocycles. The predicted octanol–water partition coefficient (Wildman–Crippen LogP) is 4.72. The van der Waals surface area contributed by atoms with Crippen LogP contribution in [0, 0.1) is 0 Å². The molecule has 1 N–H and O–H groups in total. The number of rotatable bonds is 6. The van der Waals surface area contributed by atoms with Crippen LogP contribution in [0.2, 0.25) is 0 Å². The van der Waals surface area contributed by atoms with Crippen LogP contribution in [0.3, 0.4) is 0 Å². The van der Waals surface area contributed by atoms with Gasteiger partial charge in [-0.15, -0.1) is 0 Å². The van der Waals surface area contributed by atoms with E-state index in [1.807, 2.05) is 84.0 Å². The van der Waals surface area contributed by atoms with Crippen LogP contribution in [0.5, 0.6) is 0 Å². The van der Waals surface area contributed by atoms with E-state index in [1.165, 1.54) is 5.56 Å². The van der Waals surface area contributed by atoms with Crippen molar-refractivity contribution in [3.63, 3.8) is 0 Å². The van der Waals surface area contributed by atoms with Gasteiger partial charge in [0.15, 0.2) is 0 Å². The number of hydrogen-bond acceptors (Lipinski definition) is 7. The zero-order chi connectivity index (χ0) is 25.7. The van der Waals surface area contributed by atoms with E-state index in [9.17, 15) is 4.79 Å². The Bertz CT molecular complexity index is 1540. The van der Waals surface area contributed by atoms with Gasteiger partial charge < -0.3 is 15.1 Å². The zero-order valence-electron chi connectivity index (χ0n) is 20.9. The van der Waals surface area contributed by atoms with Crippen LogP contribution in [0.15, 0.2) is 97.6 Å². The number of fused-ring (bicyclic) bond motifs is 1. The maximum absolute atomic E-state index is 13.3. The average molecular weight is 502 g/mol. The van der Waals surface area contributed by atoms with Crippen LogP contribution in [0.25, 0.3) is 10.9 Å². The second-order valence-electron chi connectivity index (χ2n) is 9.28. The fraction of sp³-hybridized carbons (Fsp3) is 0.167. The molecule has 6 rings (SSSR count). The highest BCUT2D eigenvalue weighted by molar-refractivity contribution is 5.96. The third-order valence-corrected chi connectivity index (χ3v) is 6.71. The molecule has 0 saturated carbocycles. The topological polar surface area (TPSA) is 87.1 Å². The van der Waals surface area contributed by atoms with Crippen LogP contribution in [-0.2, 0) is 6.42 Å². The molecule has 0 aliphatic carbocycles. The third kappa shape index (κ3) is 5.15. The highest BCUT2D eigenvalue weighted by atomic mass is 16.2. The van der Waals surface area contributed by atoms with Crippen molar-refractivity contribution in [2.24, 2.45) is 0 Å². The first kappa shape index (κ1) is 23.5. The summed E-state index contributed by atoms with van der Waals surface area (Å²) < 4.78 is 0. The molecule has 3 aromatic carbocycles. The Labute approximate surface area is 221 Å². The second-order valence-corrected chi connectivity index (χ2v) is 9.28. The maximum atomic E-state index is 13.3. The van der Waals surface area contributed by atoms with Crippen molar-refractivity contribution in [3.8, 4) is 0 Å². The summed E-state index contributed by atoms with van der Waals surface area (Å²) in [6.45, 7) is 2.60. The Balaban J connectivity index is 1.08. The molecule has 0 unspecified atom stereocenters. The Morgan fingerprint density at radius 3 is 2.34 bits per heavy atom. The minimum Gasteiger partial charge on any atom is -0.340 e. The number of anilines is 3. The first-order chi connectivity index (χ1) is 18.7. The number of piperazine rings is 1. The van der Waals surface area contributed by atoms with E-state index in [0.717, 1.165) is 28.6 Å². The standard InChI is InChI=1S/C30H27N7O/c38-29(24-9-6-10-25(18-24)35-28-26-11-4-5-12-27(26)33-21-34-28)36-13-15-37(16-14-36)30-31-19-23(20-32-30)17-22-7-2-1-3-8-22/h1-12,18-21H,13-17H2,(H,33,34,35). The molecule has 188 valence electrons. The first-order valence-corrected chi connectivity index (χ1v) is 12.7. The number of aromatic nitrogens is 4. The van der Waals surface area contributed by atoms with E-state index in [2.05, 4.69) is 42.3 Å². The van der Waals surface area contributed by atoms with Gasteiger partial charge in [0.1, 0.15) is 12.1 Å². The fourth-order valence-corrected chi connectivity index (χ4v) is 4.70. The Morgan fingerprint density at radius 1 is 0.763 bits per heavy atom. The SMILES string of the molecule is O=C(c1cccc(Nc2ncnc3ccccc23)c1)N1CCN(c2ncc(Cc3ccccc3)cn2)CC1. The summed E-state index contributed by atoms with van der Waals surface area (Å²) in [6.07, 6.45) is 6.14. The second kappa shape index (κ2) is 10.6. The summed E-state index contributed by atoms with van der Waals surface area (Å²) in [5.74, 6) is 1.43. The number of benzene rings is 3.